The molecular formula is C33H40BrN3O5. The number of benzene rings is 3. The quantitative estimate of drug-likeness (QED) is 0.162. The first-order valence-electron chi connectivity index (χ1n) is 14.2. The van der Waals surface area contributed by atoms with Crippen LogP contribution in [-0.4, -0.2) is 49.3 Å². The van der Waals surface area contributed by atoms with Crippen LogP contribution in [0.4, 0.5) is 0 Å². The predicted octanol–water partition coefficient (Wildman–Crippen LogP) is 5.78. The molecule has 0 saturated carbocycles. The smallest absolute Gasteiger partial charge is 0.266 e. The van der Waals surface area contributed by atoms with Crippen LogP contribution in [0.15, 0.2) is 82.3 Å². The Bertz CT molecular complexity index is 1370. The average Bonchev–Trinajstić information content (AvgIpc) is 3.37. The number of nitrogens with one attached hydrogen (secondary N) is 2. The van der Waals surface area contributed by atoms with Crippen molar-refractivity contribution in [2.45, 2.75) is 51.7 Å². The fourth-order valence-electron chi connectivity index (χ4n) is 4.71. The van der Waals surface area contributed by atoms with Crippen molar-refractivity contribution in [1.82, 2.24) is 10.9 Å². The minimum atomic E-state index is -1.34. The summed E-state index contributed by atoms with van der Waals surface area (Å²) in [4.78, 5) is 19.4. The van der Waals surface area contributed by atoms with Crippen LogP contribution in [-0.2, 0) is 16.0 Å². The second kappa shape index (κ2) is 14.2. The predicted molar refractivity (Wildman–Crippen MR) is 168 cm³/mol. The number of rotatable bonds is 13. The van der Waals surface area contributed by atoms with Gasteiger partial charge in [-0.1, -0.05) is 67.0 Å². The highest BCUT2D eigenvalue weighted by Gasteiger charge is 2.53. The molecule has 1 aliphatic heterocycles. The number of halogens is 1. The van der Waals surface area contributed by atoms with Crippen molar-refractivity contribution in [2.75, 3.05) is 26.9 Å². The third-order valence-corrected chi connectivity index (χ3v) is 7.82. The molecule has 0 fully saturated rings. The number of nitrogens with zero attached hydrogens (tertiary/aromatic N) is 1. The van der Waals surface area contributed by atoms with E-state index in [4.69, 9.17) is 24.3 Å². The Kier molecular flexibility index (Phi) is 10.6. The van der Waals surface area contributed by atoms with Gasteiger partial charge in [0, 0.05) is 36.0 Å². The van der Waals surface area contributed by atoms with E-state index in [1.165, 1.54) is 0 Å². The van der Waals surface area contributed by atoms with Gasteiger partial charge in [0.25, 0.3) is 5.91 Å². The zero-order chi connectivity index (χ0) is 30.2. The van der Waals surface area contributed by atoms with Crippen molar-refractivity contribution >= 4 is 27.7 Å². The maximum absolute atomic E-state index is 14.3. The van der Waals surface area contributed by atoms with Gasteiger partial charge in [-0.15, -0.1) is 0 Å². The van der Waals surface area contributed by atoms with E-state index in [9.17, 15) is 4.79 Å². The molecule has 1 amide bonds. The summed E-state index contributed by atoms with van der Waals surface area (Å²) in [5, 5.41) is 9.04. The van der Waals surface area contributed by atoms with Crippen LogP contribution in [0.2, 0.25) is 0 Å². The molecule has 1 aliphatic rings. The van der Waals surface area contributed by atoms with E-state index in [0.717, 1.165) is 27.6 Å². The number of carbonyl (C=O) groups is 1. The van der Waals surface area contributed by atoms with E-state index in [1.807, 2.05) is 72.8 Å². The molecule has 0 aromatic heterocycles. The van der Waals surface area contributed by atoms with Crippen molar-refractivity contribution in [3.05, 3.63) is 94.0 Å². The first-order valence-corrected chi connectivity index (χ1v) is 15.0. The van der Waals surface area contributed by atoms with Crippen LogP contribution in [0.1, 0.15) is 56.4 Å². The lowest BCUT2D eigenvalue weighted by molar-refractivity contribution is -0.130. The molecule has 8 nitrogen and oxygen atoms in total. The van der Waals surface area contributed by atoms with Crippen LogP contribution in [0.5, 0.6) is 11.5 Å². The van der Waals surface area contributed by atoms with E-state index in [0.29, 0.717) is 37.0 Å². The lowest BCUT2D eigenvalue weighted by Gasteiger charge is -2.31. The van der Waals surface area contributed by atoms with Gasteiger partial charge in [-0.25, -0.2) is 10.4 Å². The summed E-state index contributed by atoms with van der Waals surface area (Å²) in [6.07, 6.45) is 0.979. The first kappa shape index (κ1) is 31.5. The Morgan fingerprint density at radius 1 is 1.07 bits per heavy atom. The zero-order valence-electron chi connectivity index (χ0n) is 24.7. The van der Waals surface area contributed by atoms with Gasteiger partial charge in [0.2, 0.25) is 5.90 Å². The van der Waals surface area contributed by atoms with Gasteiger partial charge in [-0.3, -0.25) is 10.2 Å². The maximum atomic E-state index is 14.3. The summed E-state index contributed by atoms with van der Waals surface area (Å²) in [7, 11) is 1.61. The third kappa shape index (κ3) is 7.91. The van der Waals surface area contributed by atoms with Crippen molar-refractivity contribution in [2.24, 2.45) is 10.4 Å². The Morgan fingerprint density at radius 3 is 2.52 bits per heavy atom. The van der Waals surface area contributed by atoms with E-state index in [-0.39, 0.29) is 24.3 Å². The Morgan fingerprint density at radius 2 is 1.83 bits per heavy atom. The molecule has 3 aromatic rings. The van der Waals surface area contributed by atoms with Gasteiger partial charge in [-0.05, 0) is 65.4 Å². The minimum Gasteiger partial charge on any atom is -0.497 e. The largest absolute Gasteiger partial charge is 0.497 e. The summed E-state index contributed by atoms with van der Waals surface area (Å²) in [6.45, 7) is 7.58. The summed E-state index contributed by atoms with van der Waals surface area (Å²) in [5.41, 5.74) is 7.28. The fourth-order valence-corrected chi connectivity index (χ4v) is 5.13. The number of hydrogen-bond acceptors (Lipinski definition) is 7. The van der Waals surface area contributed by atoms with Crippen molar-refractivity contribution in [3.8, 4) is 11.5 Å². The highest BCUT2D eigenvalue weighted by Crippen LogP contribution is 2.44. The number of amides is 1. The number of carbonyl (C=O) groups excluding carboxylic acids is 1. The molecule has 3 N–H and O–H groups in total. The molecule has 0 bridgehead atoms. The number of aliphatic hydroxyl groups is 1. The number of aliphatic imine (C=N–C) groups is 1. The van der Waals surface area contributed by atoms with Crippen LogP contribution in [0.25, 0.3) is 0 Å². The molecule has 3 aromatic carbocycles. The Balaban J connectivity index is 1.75. The van der Waals surface area contributed by atoms with Gasteiger partial charge < -0.3 is 19.3 Å². The topological polar surface area (TPSA) is 101 Å². The highest BCUT2D eigenvalue weighted by atomic mass is 79.9. The van der Waals surface area contributed by atoms with Crippen molar-refractivity contribution < 1.29 is 24.1 Å². The number of methoxy groups -OCH3 is 1. The molecular weight excluding hydrogens is 598 g/mol. The van der Waals surface area contributed by atoms with E-state index < -0.39 is 11.6 Å². The van der Waals surface area contributed by atoms with Crippen LogP contribution in [0.3, 0.4) is 0 Å². The van der Waals surface area contributed by atoms with Crippen molar-refractivity contribution in [1.29, 1.82) is 0 Å². The summed E-state index contributed by atoms with van der Waals surface area (Å²) >= 11 is 3.67. The first-order chi connectivity index (χ1) is 20.1. The van der Waals surface area contributed by atoms with E-state index in [2.05, 4.69) is 47.6 Å². The molecule has 224 valence electrons. The maximum Gasteiger partial charge on any atom is 0.266 e. The van der Waals surface area contributed by atoms with Crippen LogP contribution >= 0.6 is 15.9 Å². The zero-order valence-corrected chi connectivity index (χ0v) is 26.2. The normalized spacial score (nSPS) is 18.2. The van der Waals surface area contributed by atoms with Gasteiger partial charge in [0.15, 0.2) is 11.6 Å². The summed E-state index contributed by atoms with van der Waals surface area (Å²) in [6, 6.07) is 22.8. The summed E-state index contributed by atoms with van der Waals surface area (Å²) < 4.78 is 18.7. The van der Waals surface area contributed by atoms with Gasteiger partial charge in [-0.2, -0.15) is 0 Å². The number of aliphatic hydroxyl groups excluding tert-OH is 1. The Hall–Kier alpha value is -3.40. The number of hydrazine groups is 1. The van der Waals surface area contributed by atoms with Gasteiger partial charge >= 0.3 is 0 Å². The van der Waals surface area contributed by atoms with E-state index in [1.54, 1.807) is 7.11 Å². The molecule has 2 atom stereocenters. The second-order valence-electron chi connectivity index (χ2n) is 11.5. The third-order valence-electron chi connectivity index (χ3n) is 7.05. The van der Waals surface area contributed by atoms with E-state index >= 15 is 0 Å². The van der Waals surface area contributed by atoms with Gasteiger partial charge in [0.05, 0.1) is 13.7 Å². The molecule has 0 aliphatic carbocycles. The lowest BCUT2D eigenvalue weighted by atomic mass is 9.82. The van der Waals surface area contributed by atoms with Crippen LogP contribution in [0, 0.1) is 5.41 Å². The van der Waals surface area contributed by atoms with Gasteiger partial charge in [0.1, 0.15) is 11.5 Å². The SMILES string of the molecule is COc1cccc([C@@H]2OC(c3ccc(OCCCO)cc3)=N[C@]2(Cc2ccccc2Br)C(=O)NNCCC(C)(C)C)c1. The Labute approximate surface area is 256 Å². The molecule has 0 spiro atoms. The summed E-state index contributed by atoms with van der Waals surface area (Å²) in [5.74, 6) is 1.41. The molecule has 4 rings (SSSR count). The molecule has 0 unspecified atom stereocenters. The second-order valence-corrected chi connectivity index (χ2v) is 12.4. The minimum absolute atomic E-state index is 0.0706. The monoisotopic (exact) mass is 637 g/mol. The standard InChI is InChI=1S/C33H40BrN3O5/c1-32(2,3)17-18-35-37-31(39)33(22-25-9-5-6-12-28(25)34)29(24-10-7-11-27(21-24)40-4)42-30(36-33)23-13-15-26(16-14-23)41-20-8-19-38/h5-7,9-16,21,29,35,38H,8,17-20,22H2,1-4H3,(H,37,39)/t29-,33-/m0/s1. The lowest BCUT2D eigenvalue weighted by Crippen LogP contribution is -2.54. The highest BCUT2D eigenvalue weighted by molar-refractivity contribution is 9.10. The molecule has 9 heteroatoms. The number of ether oxygens (including phenoxy) is 3. The molecule has 1 heterocycles. The van der Waals surface area contributed by atoms with Crippen molar-refractivity contribution in [3.63, 3.8) is 0 Å². The molecule has 0 radical (unpaired) electrons. The van der Waals surface area contributed by atoms with Crippen LogP contribution < -0.4 is 20.3 Å². The fraction of sp³-hybridized carbons (Fsp3) is 0.394. The molecule has 42 heavy (non-hydrogen) atoms. The number of hydrogen-bond donors (Lipinski definition) is 3. The molecule has 0 saturated heterocycles. The average molecular weight is 639 g/mol.